The molecule has 1 rings (SSSR count). The lowest BCUT2D eigenvalue weighted by Gasteiger charge is -2.06. The van der Waals surface area contributed by atoms with Crippen LogP contribution in [-0.2, 0) is 0 Å². The minimum atomic E-state index is 0.0422. The third kappa shape index (κ3) is 2.39. The highest BCUT2D eigenvalue weighted by molar-refractivity contribution is 5.96. The van der Waals surface area contributed by atoms with Crippen molar-refractivity contribution in [2.24, 2.45) is 0 Å². The summed E-state index contributed by atoms with van der Waals surface area (Å²) < 4.78 is 0. The maximum atomic E-state index is 11.3. The van der Waals surface area contributed by atoms with Crippen molar-refractivity contribution in [2.75, 3.05) is 20.6 Å². The summed E-state index contributed by atoms with van der Waals surface area (Å²) in [6.45, 7) is 0.396. The molecule has 0 saturated heterocycles. The number of aromatic nitrogens is 2. The molecule has 0 aliphatic carbocycles. The van der Waals surface area contributed by atoms with Gasteiger partial charge in [0.1, 0.15) is 6.33 Å². The van der Waals surface area contributed by atoms with E-state index in [1.54, 1.807) is 0 Å². The van der Waals surface area contributed by atoms with Crippen LogP contribution >= 0.6 is 0 Å². The molecule has 0 N–H and O–H groups in total. The fraction of sp³-hybridized carbons (Fsp3) is 0.375. The highest BCUT2D eigenvalue weighted by Gasteiger charge is 2.06. The van der Waals surface area contributed by atoms with E-state index < -0.39 is 0 Å². The molecule has 12 heavy (non-hydrogen) atoms. The van der Waals surface area contributed by atoms with Gasteiger partial charge in [0.2, 0.25) is 0 Å². The predicted molar refractivity (Wildman–Crippen MR) is 44.9 cm³/mol. The van der Waals surface area contributed by atoms with E-state index in [4.69, 9.17) is 0 Å². The van der Waals surface area contributed by atoms with Crippen LogP contribution in [0, 0.1) is 0 Å². The highest BCUT2D eigenvalue weighted by Crippen LogP contribution is 1.95. The zero-order valence-corrected chi connectivity index (χ0v) is 7.19. The summed E-state index contributed by atoms with van der Waals surface area (Å²) in [4.78, 5) is 20.7. The Morgan fingerprint density at radius 3 is 2.50 bits per heavy atom. The molecular formula is C8H11N3O. The summed E-state index contributed by atoms with van der Waals surface area (Å²) in [5, 5.41) is 0. The van der Waals surface area contributed by atoms with Gasteiger partial charge in [-0.1, -0.05) is 0 Å². The summed E-state index contributed by atoms with van der Waals surface area (Å²) in [5.74, 6) is 0.0422. The lowest BCUT2D eigenvalue weighted by molar-refractivity contribution is 0.0957. The molecule has 0 atom stereocenters. The monoisotopic (exact) mass is 165 g/mol. The summed E-state index contributed by atoms with van der Waals surface area (Å²) in [5.41, 5.74) is 0.561. The second kappa shape index (κ2) is 3.92. The summed E-state index contributed by atoms with van der Waals surface area (Å²) >= 11 is 0. The Morgan fingerprint density at radius 2 is 2.00 bits per heavy atom. The van der Waals surface area contributed by atoms with Crippen LogP contribution in [0.3, 0.4) is 0 Å². The molecule has 4 nitrogen and oxygen atoms in total. The number of hydrogen-bond acceptors (Lipinski definition) is 4. The van der Waals surface area contributed by atoms with Crippen molar-refractivity contribution in [1.29, 1.82) is 0 Å². The van der Waals surface area contributed by atoms with Gasteiger partial charge in [-0.15, -0.1) is 0 Å². The Bertz CT molecular complexity index is 258. The Kier molecular flexibility index (Phi) is 2.88. The molecule has 0 fully saturated rings. The molecule has 0 aliphatic rings. The first-order valence-electron chi connectivity index (χ1n) is 3.63. The lowest BCUT2D eigenvalue weighted by Crippen LogP contribution is -2.21. The molecule has 1 aromatic heterocycles. The van der Waals surface area contributed by atoms with Crippen molar-refractivity contribution in [3.63, 3.8) is 0 Å². The van der Waals surface area contributed by atoms with Gasteiger partial charge in [0.05, 0.1) is 12.1 Å². The predicted octanol–water partition coefficient (Wildman–Crippen LogP) is 0.221. The van der Waals surface area contributed by atoms with E-state index >= 15 is 0 Å². The first-order chi connectivity index (χ1) is 5.70. The van der Waals surface area contributed by atoms with Crippen molar-refractivity contribution in [3.05, 3.63) is 24.3 Å². The number of likely N-dealkylation sites (N-methyl/N-ethyl adjacent to an activating group) is 1. The van der Waals surface area contributed by atoms with Crippen LogP contribution in [0.2, 0.25) is 0 Å². The second-order valence-corrected chi connectivity index (χ2v) is 2.79. The maximum absolute atomic E-state index is 11.3. The Morgan fingerprint density at radius 1 is 1.42 bits per heavy atom. The number of rotatable bonds is 3. The number of Topliss-reactive ketones (excluding diaryl/α,β-unsaturated/α-hetero) is 1. The van der Waals surface area contributed by atoms with Gasteiger partial charge in [-0.25, -0.2) is 9.97 Å². The van der Waals surface area contributed by atoms with Gasteiger partial charge in [0.25, 0.3) is 0 Å². The Balaban J connectivity index is 2.66. The molecule has 0 amide bonds. The molecule has 0 radical (unpaired) electrons. The molecule has 0 aromatic carbocycles. The largest absolute Gasteiger partial charge is 0.302 e. The van der Waals surface area contributed by atoms with Gasteiger partial charge in [-0.3, -0.25) is 4.79 Å². The number of nitrogens with zero attached hydrogens (tertiary/aromatic N) is 3. The van der Waals surface area contributed by atoms with Gasteiger partial charge >= 0.3 is 0 Å². The Hall–Kier alpha value is -1.29. The van der Waals surface area contributed by atoms with Crippen LogP contribution < -0.4 is 0 Å². The molecule has 1 aromatic rings. The van der Waals surface area contributed by atoms with Crippen LogP contribution in [0.25, 0.3) is 0 Å². The van der Waals surface area contributed by atoms with E-state index in [-0.39, 0.29) is 5.78 Å². The van der Waals surface area contributed by atoms with E-state index in [1.165, 1.54) is 18.7 Å². The normalized spacial score (nSPS) is 10.2. The van der Waals surface area contributed by atoms with Crippen molar-refractivity contribution in [1.82, 2.24) is 14.9 Å². The number of carbonyl (C=O) groups excluding carboxylic acids is 1. The average Bonchev–Trinajstić information content (AvgIpc) is 2.05. The van der Waals surface area contributed by atoms with Crippen LogP contribution in [0.1, 0.15) is 10.4 Å². The molecule has 64 valence electrons. The number of ketones is 1. The van der Waals surface area contributed by atoms with Crippen molar-refractivity contribution in [3.8, 4) is 0 Å². The second-order valence-electron chi connectivity index (χ2n) is 2.79. The first kappa shape index (κ1) is 8.80. The molecule has 0 bridgehead atoms. The molecule has 0 spiro atoms. The van der Waals surface area contributed by atoms with Gasteiger partial charge in [-0.2, -0.15) is 0 Å². The minimum absolute atomic E-state index is 0.0422. The Labute approximate surface area is 71.3 Å². The van der Waals surface area contributed by atoms with Gasteiger partial charge in [0, 0.05) is 12.4 Å². The summed E-state index contributed by atoms with van der Waals surface area (Å²) in [6, 6.07) is 0. The SMILES string of the molecule is CN(C)CC(=O)c1cncnc1. The van der Waals surface area contributed by atoms with E-state index in [0.717, 1.165) is 0 Å². The average molecular weight is 165 g/mol. The van der Waals surface area contributed by atoms with Gasteiger partial charge in [0.15, 0.2) is 5.78 Å². The van der Waals surface area contributed by atoms with E-state index in [9.17, 15) is 4.79 Å². The topological polar surface area (TPSA) is 46.1 Å². The third-order valence-corrected chi connectivity index (χ3v) is 1.34. The zero-order chi connectivity index (χ0) is 8.97. The molecule has 0 unspecified atom stereocenters. The molecule has 1 heterocycles. The fourth-order valence-corrected chi connectivity index (χ4v) is 0.822. The smallest absolute Gasteiger partial charge is 0.179 e. The van der Waals surface area contributed by atoms with Crippen molar-refractivity contribution in [2.45, 2.75) is 0 Å². The van der Waals surface area contributed by atoms with Crippen LogP contribution in [-0.4, -0.2) is 41.3 Å². The van der Waals surface area contributed by atoms with E-state index in [2.05, 4.69) is 9.97 Å². The molecule has 4 heteroatoms. The third-order valence-electron chi connectivity index (χ3n) is 1.34. The van der Waals surface area contributed by atoms with E-state index in [1.807, 2.05) is 19.0 Å². The van der Waals surface area contributed by atoms with Crippen molar-refractivity contribution >= 4 is 5.78 Å². The molecule has 0 saturated carbocycles. The molecular weight excluding hydrogens is 154 g/mol. The highest BCUT2D eigenvalue weighted by atomic mass is 16.1. The van der Waals surface area contributed by atoms with Crippen molar-refractivity contribution < 1.29 is 4.79 Å². The summed E-state index contributed by atoms with van der Waals surface area (Å²) in [6.07, 6.45) is 4.46. The van der Waals surface area contributed by atoms with Crippen LogP contribution in [0.4, 0.5) is 0 Å². The zero-order valence-electron chi connectivity index (χ0n) is 7.19. The fourth-order valence-electron chi connectivity index (χ4n) is 0.822. The first-order valence-corrected chi connectivity index (χ1v) is 3.63. The van der Waals surface area contributed by atoms with Gasteiger partial charge in [-0.05, 0) is 14.1 Å². The standard InChI is InChI=1S/C8H11N3O/c1-11(2)5-8(12)7-3-9-6-10-4-7/h3-4,6H,5H2,1-2H3. The summed E-state index contributed by atoms with van der Waals surface area (Å²) in [7, 11) is 3.70. The number of hydrogen-bond donors (Lipinski definition) is 0. The van der Waals surface area contributed by atoms with E-state index in [0.29, 0.717) is 12.1 Å². The minimum Gasteiger partial charge on any atom is -0.302 e. The van der Waals surface area contributed by atoms with Crippen LogP contribution in [0.15, 0.2) is 18.7 Å². The van der Waals surface area contributed by atoms with Crippen LogP contribution in [0.5, 0.6) is 0 Å². The molecule has 0 aliphatic heterocycles. The lowest BCUT2D eigenvalue weighted by atomic mass is 10.2. The van der Waals surface area contributed by atoms with Gasteiger partial charge < -0.3 is 4.90 Å². The maximum Gasteiger partial charge on any atom is 0.179 e. The quantitative estimate of drug-likeness (QED) is 0.601. The number of carbonyl (C=O) groups is 1.